The van der Waals surface area contributed by atoms with Crippen LogP contribution in [0.15, 0.2) is 12.7 Å². The lowest BCUT2D eigenvalue weighted by Crippen LogP contribution is -2.37. The van der Waals surface area contributed by atoms with E-state index in [1.165, 1.54) is 0 Å². The summed E-state index contributed by atoms with van der Waals surface area (Å²) in [6, 6.07) is 0. The summed E-state index contributed by atoms with van der Waals surface area (Å²) in [4.78, 5) is 0. The van der Waals surface area contributed by atoms with Crippen LogP contribution in [0.4, 0.5) is 4.39 Å². The van der Waals surface area contributed by atoms with Crippen molar-refractivity contribution in [2.24, 2.45) is 5.73 Å². The van der Waals surface area contributed by atoms with Gasteiger partial charge < -0.3 is 5.73 Å². The van der Waals surface area contributed by atoms with Crippen molar-refractivity contribution >= 4 is 0 Å². The summed E-state index contributed by atoms with van der Waals surface area (Å²) in [5, 5.41) is 0. The highest BCUT2D eigenvalue weighted by Gasteiger charge is 2.14. The van der Waals surface area contributed by atoms with Crippen molar-refractivity contribution in [2.45, 2.75) is 18.9 Å². The molecular weight excluding hydrogens is 105 g/mol. The van der Waals surface area contributed by atoms with Crippen molar-refractivity contribution in [3.8, 4) is 0 Å². The van der Waals surface area contributed by atoms with Crippen molar-refractivity contribution in [1.29, 1.82) is 0 Å². The molecule has 0 aliphatic carbocycles. The van der Waals surface area contributed by atoms with Crippen molar-refractivity contribution in [3.63, 3.8) is 0 Å². The summed E-state index contributed by atoms with van der Waals surface area (Å²) in [6.07, 6.45) is 2.16. The van der Waals surface area contributed by atoms with Crippen LogP contribution in [-0.4, -0.2) is 12.2 Å². The van der Waals surface area contributed by atoms with Gasteiger partial charge in [0.15, 0.2) is 0 Å². The van der Waals surface area contributed by atoms with Crippen LogP contribution in [0.25, 0.3) is 0 Å². The molecule has 48 valence electrons. The van der Waals surface area contributed by atoms with E-state index >= 15 is 0 Å². The van der Waals surface area contributed by atoms with E-state index < -0.39 is 12.2 Å². The molecule has 2 N–H and O–H groups in total. The Balaban J connectivity index is 3.53. The van der Waals surface area contributed by atoms with E-state index in [-0.39, 0.29) is 0 Å². The molecule has 2 heteroatoms. The Morgan fingerprint density at radius 2 is 2.38 bits per heavy atom. The van der Waals surface area contributed by atoms with Crippen LogP contribution in [0.3, 0.4) is 0 Å². The van der Waals surface area contributed by atoms with Gasteiger partial charge in [-0.1, -0.05) is 6.08 Å². The summed E-state index contributed by atoms with van der Waals surface area (Å²) in [7, 11) is 0. The van der Waals surface area contributed by atoms with Gasteiger partial charge in [0.25, 0.3) is 0 Å². The Morgan fingerprint density at radius 1 is 1.88 bits per heavy atom. The van der Waals surface area contributed by atoms with Crippen LogP contribution in [0, 0.1) is 0 Å². The molecule has 0 radical (unpaired) electrons. The Bertz CT molecular complexity index is 78.6. The lowest BCUT2D eigenvalue weighted by atomic mass is 10.0. The summed E-state index contributed by atoms with van der Waals surface area (Å²) >= 11 is 0. The number of halogens is 1. The zero-order valence-corrected chi connectivity index (χ0v) is 5.15. The van der Waals surface area contributed by atoms with Crippen molar-refractivity contribution in [2.75, 3.05) is 6.67 Å². The minimum Gasteiger partial charge on any atom is -0.323 e. The van der Waals surface area contributed by atoms with E-state index in [0.29, 0.717) is 6.42 Å². The average Bonchev–Trinajstić information content (AvgIpc) is 1.67. The molecule has 0 fully saturated rings. The first kappa shape index (κ1) is 7.63. The molecule has 0 aliphatic rings. The molecule has 0 aliphatic heterocycles. The third kappa shape index (κ3) is 2.75. The fraction of sp³-hybridized carbons (Fsp3) is 0.667. The first-order valence-corrected chi connectivity index (χ1v) is 2.58. The first-order valence-electron chi connectivity index (χ1n) is 2.58. The standard InChI is InChI=1S/C6H12FN/c1-3-4-6(2,8)5-7/h3H,1,4-5,8H2,2H3. The molecule has 1 nitrogen and oxygen atoms in total. The van der Waals surface area contributed by atoms with E-state index in [1.807, 2.05) is 0 Å². The zero-order valence-electron chi connectivity index (χ0n) is 5.15. The van der Waals surface area contributed by atoms with Crippen LogP contribution in [0.1, 0.15) is 13.3 Å². The average molecular weight is 117 g/mol. The van der Waals surface area contributed by atoms with E-state index in [4.69, 9.17) is 5.73 Å². The van der Waals surface area contributed by atoms with E-state index in [2.05, 4.69) is 6.58 Å². The van der Waals surface area contributed by atoms with Gasteiger partial charge in [-0.25, -0.2) is 4.39 Å². The highest BCUT2D eigenvalue weighted by Crippen LogP contribution is 2.05. The van der Waals surface area contributed by atoms with Gasteiger partial charge in [-0.3, -0.25) is 0 Å². The highest BCUT2D eigenvalue weighted by atomic mass is 19.1. The van der Waals surface area contributed by atoms with E-state index in [1.54, 1.807) is 13.0 Å². The van der Waals surface area contributed by atoms with Gasteiger partial charge in [-0.15, -0.1) is 6.58 Å². The molecule has 0 aromatic heterocycles. The fourth-order valence-electron chi connectivity index (χ4n) is 0.384. The number of alkyl halides is 1. The maximum Gasteiger partial charge on any atom is 0.107 e. The SMILES string of the molecule is C=CCC(C)(N)CF. The third-order valence-corrected chi connectivity index (χ3v) is 0.916. The number of hydrogen-bond acceptors (Lipinski definition) is 1. The van der Waals surface area contributed by atoms with Gasteiger partial charge in [-0.05, 0) is 13.3 Å². The predicted octanol–water partition coefficient (Wildman–Crippen LogP) is 1.25. The molecule has 0 bridgehead atoms. The Kier molecular flexibility index (Phi) is 2.69. The Hall–Kier alpha value is -0.370. The maximum absolute atomic E-state index is 11.8. The molecule has 0 amide bonds. The van der Waals surface area contributed by atoms with Gasteiger partial charge in [0.2, 0.25) is 0 Å². The minimum atomic E-state index is -0.693. The van der Waals surface area contributed by atoms with E-state index in [0.717, 1.165) is 0 Å². The molecule has 0 rings (SSSR count). The van der Waals surface area contributed by atoms with E-state index in [9.17, 15) is 4.39 Å². The van der Waals surface area contributed by atoms with Crippen LogP contribution < -0.4 is 5.73 Å². The molecule has 0 aromatic carbocycles. The lowest BCUT2D eigenvalue weighted by Gasteiger charge is -2.16. The molecule has 0 heterocycles. The van der Waals surface area contributed by atoms with Gasteiger partial charge in [0, 0.05) is 5.54 Å². The van der Waals surface area contributed by atoms with Gasteiger partial charge in [0.1, 0.15) is 6.67 Å². The summed E-state index contributed by atoms with van der Waals surface area (Å²) in [5.41, 5.74) is 4.69. The summed E-state index contributed by atoms with van der Waals surface area (Å²) in [5.74, 6) is 0. The van der Waals surface area contributed by atoms with Crippen LogP contribution in [0.2, 0.25) is 0 Å². The zero-order chi connectivity index (χ0) is 6.62. The molecule has 0 aromatic rings. The quantitative estimate of drug-likeness (QED) is 0.553. The molecule has 0 saturated heterocycles. The highest BCUT2D eigenvalue weighted by molar-refractivity contribution is 4.85. The van der Waals surface area contributed by atoms with Crippen molar-refractivity contribution in [3.05, 3.63) is 12.7 Å². The number of nitrogens with two attached hydrogens (primary N) is 1. The lowest BCUT2D eigenvalue weighted by molar-refractivity contribution is 0.331. The number of rotatable bonds is 3. The second kappa shape index (κ2) is 2.82. The fourth-order valence-corrected chi connectivity index (χ4v) is 0.384. The minimum absolute atomic E-state index is 0.487. The monoisotopic (exact) mass is 117 g/mol. The molecule has 1 unspecified atom stereocenters. The van der Waals surface area contributed by atoms with Crippen molar-refractivity contribution < 1.29 is 4.39 Å². The molecule has 8 heavy (non-hydrogen) atoms. The van der Waals surface area contributed by atoms with Crippen LogP contribution in [-0.2, 0) is 0 Å². The molecule has 0 spiro atoms. The smallest absolute Gasteiger partial charge is 0.107 e. The summed E-state index contributed by atoms with van der Waals surface area (Å²) < 4.78 is 11.8. The van der Waals surface area contributed by atoms with Gasteiger partial charge in [-0.2, -0.15) is 0 Å². The third-order valence-electron chi connectivity index (χ3n) is 0.916. The molecule has 1 atom stereocenters. The second-order valence-corrected chi connectivity index (χ2v) is 2.28. The predicted molar refractivity (Wildman–Crippen MR) is 33.4 cm³/mol. The Morgan fingerprint density at radius 3 is 2.50 bits per heavy atom. The summed E-state index contributed by atoms with van der Waals surface area (Å²) in [6.45, 7) is 4.62. The normalized spacial score (nSPS) is 17.4. The Labute approximate surface area is 49.4 Å². The van der Waals surface area contributed by atoms with Gasteiger partial charge in [0.05, 0.1) is 0 Å². The van der Waals surface area contributed by atoms with Crippen LogP contribution in [0.5, 0.6) is 0 Å². The van der Waals surface area contributed by atoms with Gasteiger partial charge >= 0.3 is 0 Å². The van der Waals surface area contributed by atoms with Crippen LogP contribution >= 0.6 is 0 Å². The number of hydrogen-bond donors (Lipinski definition) is 1. The largest absolute Gasteiger partial charge is 0.323 e. The second-order valence-electron chi connectivity index (χ2n) is 2.28. The topological polar surface area (TPSA) is 26.0 Å². The molecule has 0 saturated carbocycles. The van der Waals surface area contributed by atoms with Crippen molar-refractivity contribution in [1.82, 2.24) is 0 Å². The maximum atomic E-state index is 11.8. The molecular formula is C6H12FN. The first-order chi connectivity index (χ1) is 3.62.